The Kier molecular flexibility index (Phi) is 8.28. The summed E-state index contributed by atoms with van der Waals surface area (Å²) in [7, 11) is 1.18. The summed E-state index contributed by atoms with van der Waals surface area (Å²) in [5.74, 6) is -1.24. The fourth-order valence-electron chi connectivity index (χ4n) is 2.09. The number of carbonyl (C=O) groups excluding carboxylic acids is 2. The standard InChI is InChI=1S/C15H19FN2O5.ClH/c1-21-14(19)12-3-2-11(10-13(12)16)22-8-9-23-15(20)18-6-4-17-5-7-18;/h2-3,10,17H,4-9H2,1H3;1H. The topological polar surface area (TPSA) is 77.1 Å². The highest BCUT2D eigenvalue weighted by molar-refractivity contribution is 5.89. The van der Waals surface area contributed by atoms with Crippen LogP contribution in [0.15, 0.2) is 18.2 Å². The minimum Gasteiger partial charge on any atom is -0.490 e. The maximum atomic E-state index is 13.7. The summed E-state index contributed by atoms with van der Waals surface area (Å²) >= 11 is 0. The fourth-order valence-corrected chi connectivity index (χ4v) is 2.09. The molecule has 1 fully saturated rings. The number of hydrogen-bond donors (Lipinski definition) is 1. The largest absolute Gasteiger partial charge is 0.490 e. The maximum Gasteiger partial charge on any atom is 0.409 e. The van der Waals surface area contributed by atoms with Crippen LogP contribution in [0.4, 0.5) is 9.18 Å². The molecular weight excluding hydrogens is 343 g/mol. The number of piperazine rings is 1. The molecule has 0 aromatic heterocycles. The van der Waals surface area contributed by atoms with Gasteiger partial charge in [0.15, 0.2) is 0 Å². The molecule has 0 radical (unpaired) electrons. The molecule has 134 valence electrons. The summed E-state index contributed by atoms with van der Waals surface area (Å²) in [5, 5.41) is 3.14. The third-order valence-electron chi connectivity index (χ3n) is 3.30. The van der Waals surface area contributed by atoms with E-state index >= 15 is 0 Å². The Morgan fingerprint density at radius 1 is 1.25 bits per heavy atom. The lowest BCUT2D eigenvalue weighted by Crippen LogP contribution is -2.46. The Hall–Kier alpha value is -2.06. The number of carbonyl (C=O) groups is 2. The van der Waals surface area contributed by atoms with Crippen molar-refractivity contribution < 1.29 is 28.2 Å². The van der Waals surface area contributed by atoms with Gasteiger partial charge in [-0.25, -0.2) is 14.0 Å². The zero-order chi connectivity index (χ0) is 16.7. The number of benzene rings is 1. The van der Waals surface area contributed by atoms with Crippen molar-refractivity contribution in [3.63, 3.8) is 0 Å². The number of halogens is 2. The van der Waals surface area contributed by atoms with Crippen molar-refractivity contribution in [3.05, 3.63) is 29.6 Å². The van der Waals surface area contributed by atoms with E-state index in [1.165, 1.54) is 19.2 Å². The Morgan fingerprint density at radius 3 is 2.58 bits per heavy atom. The van der Waals surface area contributed by atoms with Gasteiger partial charge in [0, 0.05) is 32.2 Å². The predicted octanol–water partition coefficient (Wildman–Crippen LogP) is 1.45. The number of rotatable bonds is 5. The van der Waals surface area contributed by atoms with Crippen LogP contribution in [0.25, 0.3) is 0 Å². The number of amides is 1. The van der Waals surface area contributed by atoms with E-state index in [1.54, 1.807) is 4.90 Å². The first-order chi connectivity index (χ1) is 11.1. The Balaban J connectivity index is 0.00000288. The molecule has 1 N–H and O–H groups in total. The first-order valence-corrected chi connectivity index (χ1v) is 7.25. The quantitative estimate of drug-likeness (QED) is 0.631. The number of ether oxygens (including phenoxy) is 3. The summed E-state index contributed by atoms with van der Waals surface area (Å²) in [4.78, 5) is 24.6. The van der Waals surface area contributed by atoms with E-state index in [0.29, 0.717) is 13.1 Å². The summed E-state index contributed by atoms with van der Waals surface area (Å²) in [6.07, 6.45) is -0.387. The minimum atomic E-state index is -0.751. The van der Waals surface area contributed by atoms with Crippen LogP contribution in [0.3, 0.4) is 0 Å². The third-order valence-corrected chi connectivity index (χ3v) is 3.30. The van der Waals surface area contributed by atoms with Gasteiger partial charge < -0.3 is 24.4 Å². The van der Waals surface area contributed by atoms with Gasteiger partial charge in [-0.3, -0.25) is 0 Å². The van der Waals surface area contributed by atoms with Gasteiger partial charge in [-0.2, -0.15) is 0 Å². The molecule has 0 bridgehead atoms. The summed E-state index contributed by atoms with van der Waals surface area (Å²) in [5.41, 5.74) is -0.162. The van der Waals surface area contributed by atoms with Gasteiger partial charge in [0.25, 0.3) is 0 Å². The minimum absolute atomic E-state index is 0. The average molecular weight is 363 g/mol. The Labute approximate surface area is 145 Å². The second-order valence-electron chi connectivity index (χ2n) is 4.83. The molecule has 1 aliphatic heterocycles. The lowest BCUT2D eigenvalue weighted by molar-refractivity contribution is 0.0595. The molecule has 1 aromatic rings. The van der Waals surface area contributed by atoms with Crippen LogP contribution < -0.4 is 10.1 Å². The van der Waals surface area contributed by atoms with Gasteiger partial charge in [-0.15, -0.1) is 12.4 Å². The molecule has 0 spiro atoms. The molecule has 7 nitrogen and oxygen atoms in total. The van der Waals surface area contributed by atoms with Crippen LogP contribution in [-0.2, 0) is 9.47 Å². The van der Waals surface area contributed by atoms with E-state index in [2.05, 4.69) is 10.1 Å². The van der Waals surface area contributed by atoms with Gasteiger partial charge in [0.1, 0.15) is 24.8 Å². The van der Waals surface area contributed by atoms with Crippen molar-refractivity contribution in [1.29, 1.82) is 0 Å². The number of nitrogens with one attached hydrogen (secondary N) is 1. The highest BCUT2D eigenvalue weighted by Crippen LogP contribution is 2.17. The van der Waals surface area contributed by atoms with E-state index < -0.39 is 11.8 Å². The van der Waals surface area contributed by atoms with Gasteiger partial charge in [-0.05, 0) is 12.1 Å². The molecule has 1 aliphatic rings. The Bertz CT molecular complexity index is 567. The molecule has 0 unspecified atom stereocenters. The second kappa shape index (κ2) is 9.94. The van der Waals surface area contributed by atoms with Crippen molar-refractivity contribution in [2.45, 2.75) is 0 Å². The molecular formula is C15H20ClFN2O5. The van der Waals surface area contributed by atoms with E-state index in [-0.39, 0.29) is 43.0 Å². The molecule has 9 heteroatoms. The predicted molar refractivity (Wildman–Crippen MR) is 86.3 cm³/mol. The monoisotopic (exact) mass is 362 g/mol. The van der Waals surface area contributed by atoms with E-state index in [9.17, 15) is 14.0 Å². The van der Waals surface area contributed by atoms with E-state index in [0.717, 1.165) is 19.2 Å². The van der Waals surface area contributed by atoms with Crippen molar-refractivity contribution in [1.82, 2.24) is 10.2 Å². The summed E-state index contributed by atoms with van der Waals surface area (Å²) in [6, 6.07) is 3.82. The zero-order valence-electron chi connectivity index (χ0n) is 13.2. The van der Waals surface area contributed by atoms with Gasteiger partial charge >= 0.3 is 12.1 Å². The molecule has 1 amide bonds. The van der Waals surface area contributed by atoms with Crippen LogP contribution >= 0.6 is 12.4 Å². The number of hydrogen-bond acceptors (Lipinski definition) is 6. The Morgan fingerprint density at radius 2 is 1.96 bits per heavy atom. The molecule has 0 atom stereocenters. The van der Waals surface area contributed by atoms with Crippen molar-refractivity contribution >= 4 is 24.5 Å². The third kappa shape index (κ3) is 5.54. The molecule has 1 aromatic carbocycles. The van der Waals surface area contributed by atoms with Crippen molar-refractivity contribution in [2.24, 2.45) is 0 Å². The smallest absolute Gasteiger partial charge is 0.409 e. The number of methoxy groups -OCH3 is 1. The maximum absolute atomic E-state index is 13.7. The fraction of sp³-hybridized carbons (Fsp3) is 0.467. The normalized spacial score (nSPS) is 13.7. The van der Waals surface area contributed by atoms with E-state index in [1.807, 2.05) is 0 Å². The van der Waals surface area contributed by atoms with Crippen LogP contribution in [-0.4, -0.2) is 63.5 Å². The van der Waals surface area contributed by atoms with E-state index in [4.69, 9.17) is 9.47 Å². The second-order valence-corrected chi connectivity index (χ2v) is 4.83. The molecule has 0 aliphatic carbocycles. The highest BCUT2D eigenvalue weighted by atomic mass is 35.5. The zero-order valence-corrected chi connectivity index (χ0v) is 14.1. The van der Waals surface area contributed by atoms with Gasteiger partial charge in [0.2, 0.25) is 0 Å². The van der Waals surface area contributed by atoms with Gasteiger partial charge in [-0.1, -0.05) is 0 Å². The van der Waals surface area contributed by atoms with Crippen molar-refractivity contribution in [2.75, 3.05) is 46.5 Å². The molecule has 2 rings (SSSR count). The molecule has 1 heterocycles. The number of nitrogens with zero attached hydrogens (tertiary/aromatic N) is 1. The average Bonchev–Trinajstić information content (AvgIpc) is 2.58. The lowest BCUT2D eigenvalue weighted by Gasteiger charge is -2.26. The summed E-state index contributed by atoms with van der Waals surface area (Å²) in [6.45, 7) is 2.87. The van der Waals surface area contributed by atoms with Crippen LogP contribution in [0.1, 0.15) is 10.4 Å². The van der Waals surface area contributed by atoms with Crippen LogP contribution in [0.2, 0.25) is 0 Å². The molecule has 24 heavy (non-hydrogen) atoms. The van der Waals surface area contributed by atoms with Gasteiger partial charge in [0.05, 0.1) is 12.7 Å². The molecule has 1 saturated heterocycles. The first-order valence-electron chi connectivity index (χ1n) is 7.25. The first kappa shape index (κ1) is 20.0. The van der Waals surface area contributed by atoms with Crippen LogP contribution in [0, 0.1) is 5.82 Å². The van der Waals surface area contributed by atoms with Crippen molar-refractivity contribution in [3.8, 4) is 5.75 Å². The van der Waals surface area contributed by atoms with Crippen LogP contribution in [0.5, 0.6) is 5.75 Å². The molecule has 0 saturated carbocycles. The number of esters is 1. The SMILES string of the molecule is COC(=O)c1ccc(OCCOC(=O)N2CCNCC2)cc1F.Cl. The highest BCUT2D eigenvalue weighted by Gasteiger charge is 2.17. The lowest BCUT2D eigenvalue weighted by atomic mass is 10.2. The summed E-state index contributed by atoms with van der Waals surface area (Å²) < 4.78 is 28.5.